The summed E-state index contributed by atoms with van der Waals surface area (Å²) in [7, 11) is 1.78. The van der Waals surface area contributed by atoms with Gasteiger partial charge in [0.05, 0.1) is 4.70 Å². The van der Waals surface area contributed by atoms with Gasteiger partial charge in [0, 0.05) is 34.8 Å². The average Bonchev–Trinajstić information content (AvgIpc) is 2.57. The molecule has 0 saturated carbocycles. The fraction of sp³-hybridized carbons (Fsp3) is 0.0833. The first-order valence-corrected chi connectivity index (χ1v) is 5.55. The first-order valence-electron chi connectivity index (χ1n) is 4.73. The molecule has 0 unspecified atom stereocenters. The second-order valence-corrected chi connectivity index (χ2v) is 4.68. The SMILES string of the molecule is Cn1cc2sc3ccccc3c2cc1=O. The molecule has 0 radical (unpaired) electrons. The Morgan fingerprint density at radius 2 is 1.93 bits per heavy atom. The predicted molar refractivity (Wildman–Crippen MR) is 64.6 cm³/mol. The lowest BCUT2D eigenvalue weighted by molar-refractivity contribution is 0.872. The summed E-state index contributed by atoms with van der Waals surface area (Å²) >= 11 is 1.72. The molecule has 0 fully saturated rings. The van der Waals surface area contributed by atoms with E-state index in [0.29, 0.717) is 0 Å². The van der Waals surface area contributed by atoms with Crippen molar-refractivity contribution < 1.29 is 0 Å². The highest BCUT2D eigenvalue weighted by molar-refractivity contribution is 7.25. The summed E-state index contributed by atoms with van der Waals surface area (Å²) in [4.78, 5) is 11.5. The van der Waals surface area contributed by atoms with Gasteiger partial charge in [-0.2, -0.15) is 0 Å². The lowest BCUT2D eigenvalue weighted by Crippen LogP contribution is -2.13. The number of aromatic nitrogens is 1. The Hall–Kier alpha value is -1.61. The third-order valence-electron chi connectivity index (χ3n) is 2.59. The van der Waals surface area contributed by atoms with E-state index in [1.54, 1.807) is 29.0 Å². The minimum atomic E-state index is 0.0473. The van der Waals surface area contributed by atoms with Crippen molar-refractivity contribution in [1.29, 1.82) is 0 Å². The van der Waals surface area contributed by atoms with Gasteiger partial charge >= 0.3 is 0 Å². The first kappa shape index (κ1) is 8.68. The van der Waals surface area contributed by atoms with Crippen LogP contribution in [0.25, 0.3) is 20.2 Å². The van der Waals surface area contributed by atoms with E-state index in [2.05, 4.69) is 12.1 Å². The highest BCUT2D eigenvalue weighted by Gasteiger charge is 2.05. The average molecular weight is 215 g/mol. The smallest absolute Gasteiger partial charge is 0.250 e. The Morgan fingerprint density at radius 3 is 2.80 bits per heavy atom. The van der Waals surface area contributed by atoms with Gasteiger partial charge in [-0.1, -0.05) is 18.2 Å². The Kier molecular flexibility index (Phi) is 1.70. The van der Waals surface area contributed by atoms with Crippen molar-refractivity contribution in [3.63, 3.8) is 0 Å². The molecule has 3 heteroatoms. The van der Waals surface area contributed by atoms with Gasteiger partial charge in [-0.25, -0.2) is 0 Å². The van der Waals surface area contributed by atoms with Crippen molar-refractivity contribution in [2.75, 3.05) is 0 Å². The van der Waals surface area contributed by atoms with Crippen LogP contribution in [0.2, 0.25) is 0 Å². The van der Waals surface area contributed by atoms with Crippen molar-refractivity contribution in [2.45, 2.75) is 0 Å². The Bertz CT molecular complexity index is 708. The minimum absolute atomic E-state index is 0.0473. The van der Waals surface area contributed by atoms with Crippen LogP contribution in [0, 0.1) is 0 Å². The van der Waals surface area contributed by atoms with Gasteiger partial charge < -0.3 is 4.57 Å². The molecule has 0 saturated heterocycles. The summed E-state index contributed by atoms with van der Waals surface area (Å²) in [6, 6.07) is 9.90. The summed E-state index contributed by atoms with van der Waals surface area (Å²) in [5.41, 5.74) is 0.0473. The van der Waals surface area contributed by atoms with Gasteiger partial charge in [-0.05, 0) is 6.07 Å². The van der Waals surface area contributed by atoms with Crippen molar-refractivity contribution in [3.8, 4) is 0 Å². The molecule has 0 amide bonds. The van der Waals surface area contributed by atoms with E-state index in [0.717, 1.165) is 5.39 Å². The molecule has 2 nitrogen and oxygen atoms in total. The van der Waals surface area contributed by atoms with Crippen molar-refractivity contribution in [2.24, 2.45) is 7.05 Å². The van der Waals surface area contributed by atoms with Crippen molar-refractivity contribution >= 4 is 31.5 Å². The van der Waals surface area contributed by atoms with Gasteiger partial charge in [0.15, 0.2) is 0 Å². The molecule has 0 atom stereocenters. The van der Waals surface area contributed by atoms with E-state index >= 15 is 0 Å². The molecule has 2 aromatic heterocycles. The number of nitrogens with zero attached hydrogens (tertiary/aromatic N) is 1. The third-order valence-corrected chi connectivity index (χ3v) is 3.71. The molecule has 15 heavy (non-hydrogen) atoms. The molecule has 3 rings (SSSR count). The molecule has 3 aromatic rings. The number of rotatable bonds is 0. The van der Waals surface area contributed by atoms with E-state index in [1.807, 2.05) is 18.3 Å². The van der Waals surface area contributed by atoms with Crippen LogP contribution in [-0.4, -0.2) is 4.57 Å². The second-order valence-electron chi connectivity index (χ2n) is 3.60. The fourth-order valence-electron chi connectivity index (χ4n) is 1.79. The number of thiophene rings is 1. The van der Waals surface area contributed by atoms with E-state index in [4.69, 9.17) is 0 Å². The number of pyridine rings is 1. The third kappa shape index (κ3) is 1.20. The number of fused-ring (bicyclic) bond motifs is 3. The normalized spacial score (nSPS) is 11.3. The lowest BCUT2D eigenvalue weighted by Gasteiger charge is -1.95. The topological polar surface area (TPSA) is 22.0 Å². The van der Waals surface area contributed by atoms with Crippen LogP contribution in [0.15, 0.2) is 41.3 Å². The summed E-state index contributed by atoms with van der Waals surface area (Å²) in [5.74, 6) is 0. The largest absolute Gasteiger partial charge is 0.317 e. The summed E-state index contributed by atoms with van der Waals surface area (Å²) in [5, 5.41) is 2.24. The summed E-state index contributed by atoms with van der Waals surface area (Å²) < 4.78 is 4.02. The van der Waals surface area contributed by atoms with E-state index in [1.165, 1.54) is 14.8 Å². The Balaban J connectivity index is 2.61. The highest BCUT2D eigenvalue weighted by Crippen LogP contribution is 2.32. The molecule has 1 aromatic carbocycles. The molecule has 0 aliphatic heterocycles. The second kappa shape index (κ2) is 2.94. The van der Waals surface area contributed by atoms with Crippen LogP contribution in [0.5, 0.6) is 0 Å². The number of hydrogen-bond acceptors (Lipinski definition) is 2. The van der Waals surface area contributed by atoms with Crippen LogP contribution in [0.1, 0.15) is 0 Å². The number of hydrogen-bond donors (Lipinski definition) is 0. The predicted octanol–water partition coefficient (Wildman–Crippen LogP) is 2.75. The van der Waals surface area contributed by atoms with E-state index in [9.17, 15) is 4.79 Å². The minimum Gasteiger partial charge on any atom is -0.317 e. The van der Waals surface area contributed by atoms with Gasteiger partial charge in [0.25, 0.3) is 5.56 Å². The van der Waals surface area contributed by atoms with Crippen molar-refractivity contribution in [3.05, 3.63) is 46.9 Å². The molecular weight excluding hydrogens is 206 g/mol. The quantitative estimate of drug-likeness (QED) is 0.565. The van der Waals surface area contributed by atoms with Crippen LogP contribution in [-0.2, 0) is 7.05 Å². The van der Waals surface area contributed by atoms with Crippen LogP contribution >= 0.6 is 11.3 Å². The molecule has 74 valence electrons. The van der Waals surface area contributed by atoms with Crippen LogP contribution < -0.4 is 5.56 Å². The summed E-state index contributed by atoms with van der Waals surface area (Å²) in [6.07, 6.45) is 1.91. The van der Waals surface area contributed by atoms with Crippen LogP contribution in [0.4, 0.5) is 0 Å². The maximum Gasteiger partial charge on any atom is 0.250 e. The summed E-state index contributed by atoms with van der Waals surface area (Å²) in [6.45, 7) is 0. The standard InChI is InChI=1S/C12H9NOS/c1-13-7-11-9(6-12(13)14)8-4-2-3-5-10(8)15-11/h2-7H,1H3. The molecular formula is C12H9NOS. The molecule has 0 N–H and O–H groups in total. The molecule has 0 bridgehead atoms. The fourth-order valence-corrected chi connectivity index (χ4v) is 2.96. The monoisotopic (exact) mass is 215 g/mol. The molecule has 0 spiro atoms. The number of aryl methyl sites for hydroxylation is 1. The zero-order valence-corrected chi connectivity index (χ0v) is 9.04. The zero-order chi connectivity index (χ0) is 10.4. The molecule has 2 heterocycles. The Morgan fingerprint density at radius 1 is 1.13 bits per heavy atom. The maximum atomic E-state index is 11.5. The van der Waals surface area contributed by atoms with Gasteiger partial charge in [-0.3, -0.25) is 4.79 Å². The van der Waals surface area contributed by atoms with Gasteiger partial charge in [0.2, 0.25) is 0 Å². The first-order chi connectivity index (χ1) is 7.25. The van der Waals surface area contributed by atoms with Gasteiger partial charge in [-0.15, -0.1) is 11.3 Å². The molecule has 0 aliphatic rings. The Labute approximate surface area is 90.4 Å². The van der Waals surface area contributed by atoms with Crippen LogP contribution in [0.3, 0.4) is 0 Å². The molecule has 0 aliphatic carbocycles. The van der Waals surface area contributed by atoms with Crippen molar-refractivity contribution in [1.82, 2.24) is 4.57 Å². The van der Waals surface area contributed by atoms with E-state index in [-0.39, 0.29) is 5.56 Å². The lowest BCUT2D eigenvalue weighted by atomic mass is 10.2. The highest BCUT2D eigenvalue weighted by atomic mass is 32.1. The maximum absolute atomic E-state index is 11.5. The zero-order valence-electron chi connectivity index (χ0n) is 8.23. The number of benzene rings is 1. The van der Waals surface area contributed by atoms with Gasteiger partial charge in [0.1, 0.15) is 0 Å². The van der Waals surface area contributed by atoms with E-state index < -0.39 is 0 Å².